The molecule has 1 fully saturated rings. The standard InChI is InChI=1S/C28H31N3O9/c29-27(36)19(18-12-16-4-1-2-5-17(16)13-18)14-24(35)20(10-15-7-8-22(33)21(11-15)31(38)39)30-28(37)26-25(40-26)23(34)6-3-9-32/h1-2,4-5,7-8,11,18-20,25-26,32-33H,3,6,9-10,12-14H2,(H2,29,36)(H,30,37)/t19-,20-,25-,26?/m1/s1. The average molecular weight is 554 g/mol. The predicted octanol–water partition coefficient (Wildman–Crippen LogP) is 0.912. The highest BCUT2D eigenvalue weighted by Gasteiger charge is 2.50. The van der Waals surface area contributed by atoms with Crippen LogP contribution in [0.3, 0.4) is 0 Å². The molecule has 1 aliphatic heterocycles. The van der Waals surface area contributed by atoms with Gasteiger partial charge in [-0.2, -0.15) is 0 Å². The zero-order valence-electron chi connectivity index (χ0n) is 21.7. The molecular weight excluding hydrogens is 522 g/mol. The smallest absolute Gasteiger partial charge is 0.310 e. The summed E-state index contributed by atoms with van der Waals surface area (Å²) in [5.41, 5.74) is 7.60. The Morgan fingerprint density at radius 3 is 2.38 bits per heavy atom. The number of benzene rings is 2. The van der Waals surface area contributed by atoms with E-state index in [0.717, 1.165) is 23.3 Å². The van der Waals surface area contributed by atoms with Crippen molar-refractivity contribution in [3.8, 4) is 5.75 Å². The van der Waals surface area contributed by atoms with Gasteiger partial charge in [0.25, 0.3) is 5.91 Å². The number of nitrogens with zero attached hydrogens (tertiary/aromatic N) is 1. The molecule has 2 amide bonds. The summed E-state index contributed by atoms with van der Waals surface area (Å²) >= 11 is 0. The number of rotatable bonds is 14. The second kappa shape index (κ2) is 12.3. The van der Waals surface area contributed by atoms with Crippen LogP contribution in [0.1, 0.15) is 36.0 Å². The molecule has 0 radical (unpaired) electrons. The van der Waals surface area contributed by atoms with E-state index in [1.807, 2.05) is 24.3 Å². The van der Waals surface area contributed by atoms with Crippen molar-refractivity contribution in [3.63, 3.8) is 0 Å². The number of aliphatic hydroxyl groups excluding tert-OH is 1. The molecule has 0 aromatic heterocycles. The van der Waals surface area contributed by atoms with Crippen LogP contribution >= 0.6 is 0 Å². The molecule has 12 nitrogen and oxygen atoms in total. The number of hydrogen-bond acceptors (Lipinski definition) is 9. The fraction of sp³-hybridized carbons (Fsp3) is 0.429. The Kier molecular flexibility index (Phi) is 8.90. The molecule has 2 aliphatic rings. The van der Waals surface area contributed by atoms with Crippen molar-refractivity contribution in [2.45, 2.75) is 56.8 Å². The highest BCUT2D eigenvalue weighted by molar-refractivity contribution is 5.98. The number of amides is 2. The van der Waals surface area contributed by atoms with Crippen LogP contribution in [0.4, 0.5) is 5.69 Å². The molecule has 4 atom stereocenters. The second-order valence-electron chi connectivity index (χ2n) is 10.2. The van der Waals surface area contributed by atoms with Gasteiger partial charge in [0.2, 0.25) is 5.91 Å². The number of phenols is 1. The van der Waals surface area contributed by atoms with E-state index in [2.05, 4.69) is 5.32 Å². The lowest BCUT2D eigenvalue weighted by Crippen LogP contribution is -2.46. The number of fused-ring (bicyclic) bond motifs is 1. The number of Topliss-reactive ketones (excluding diaryl/α,β-unsaturated/α-hetero) is 2. The molecule has 0 bridgehead atoms. The van der Waals surface area contributed by atoms with Gasteiger partial charge in [0.05, 0.1) is 11.0 Å². The van der Waals surface area contributed by atoms with E-state index in [1.165, 1.54) is 6.07 Å². The summed E-state index contributed by atoms with van der Waals surface area (Å²) in [6.07, 6.45) is -1.10. The first-order valence-electron chi connectivity index (χ1n) is 13.0. The predicted molar refractivity (Wildman–Crippen MR) is 140 cm³/mol. The lowest BCUT2D eigenvalue weighted by Gasteiger charge is -2.23. The number of carbonyl (C=O) groups excluding carboxylic acids is 4. The maximum Gasteiger partial charge on any atom is 0.310 e. The maximum atomic E-state index is 13.6. The summed E-state index contributed by atoms with van der Waals surface area (Å²) in [4.78, 5) is 61.6. The molecule has 1 heterocycles. The summed E-state index contributed by atoms with van der Waals surface area (Å²) in [5.74, 6) is -3.77. The van der Waals surface area contributed by atoms with E-state index >= 15 is 0 Å². The lowest BCUT2D eigenvalue weighted by atomic mass is 9.83. The van der Waals surface area contributed by atoms with Crippen LogP contribution in [-0.4, -0.2) is 63.4 Å². The van der Waals surface area contributed by atoms with Gasteiger partial charge in [0.1, 0.15) is 0 Å². The largest absolute Gasteiger partial charge is 0.502 e. The quantitative estimate of drug-likeness (QED) is 0.149. The summed E-state index contributed by atoms with van der Waals surface area (Å²) in [6.45, 7) is -0.183. The molecule has 1 unspecified atom stereocenters. The third kappa shape index (κ3) is 6.69. The molecule has 12 heteroatoms. The number of nitrogens with two attached hydrogens (primary N) is 1. The highest BCUT2D eigenvalue weighted by Crippen LogP contribution is 2.34. The number of nitro groups is 1. The van der Waals surface area contributed by atoms with Crippen LogP contribution in [0.5, 0.6) is 5.75 Å². The minimum atomic E-state index is -1.21. The molecule has 40 heavy (non-hydrogen) atoms. The Hall–Kier alpha value is -4.16. The van der Waals surface area contributed by atoms with Crippen molar-refractivity contribution in [2.24, 2.45) is 17.6 Å². The molecule has 1 aliphatic carbocycles. The molecule has 2 aromatic rings. The van der Waals surface area contributed by atoms with Crippen molar-refractivity contribution in [2.75, 3.05) is 6.61 Å². The van der Waals surface area contributed by atoms with Crippen molar-refractivity contribution in [1.82, 2.24) is 5.32 Å². The summed E-state index contributed by atoms with van der Waals surface area (Å²) < 4.78 is 5.22. The van der Waals surface area contributed by atoms with Gasteiger partial charge in [-0.15, -0.1) is 0 Å². The monoisotopic (exact) mass is 553 g/mol. The SMILES string of the molecule is NC(=O)[C@H](CC(=O)[C@@H](Cc1ccc(O)c([N+](=O)[O-])c1)NC(=O)C1O[C@@H]1C(=O)CCCO)C1Cc2ccccc2C1. The number of nitrogens with one attached hydrogen (secondary N) is 1. The number of nitro benzene ring substituents is 1. The van der Waals surface area contributed by atoms with E-state index in [9.17, 15) is 34.4 Å². The average Bonchev–Trinajstić information content (AvgIpc) is 3.62. The molecule has 2 aromatic carbocycles. The minimum absolute atomic E-state index is 0.0363. The van der Waals surface area contributed by atoms with Crippen LogP contribution in [0.2, 0.25) is 0 Å². The Bertz CT molecular complexity index is 1300. The van der Waals surface area contributed by atoms with Crippen molar-refractivity contribution in [3.05, 3.63) is 69.3 Å². The topological polar surface area (TPSA) is 202 Å². The number of aromatic hydroxyl groups is 1. The number of epoxide rings is 1. The van der Waals surface area contributed by atoms with Crippen LogP contribution in [-0.2, 0) is 43.2 Å². The van der Waals surface area contributed by atoms with Crippen molar-refractivity contribution < 1.29 is 39.1 Å². The first kappa shape index (κ1) is 28.8. The summed E-state index contributed by atoms with van der Waals surface area (Å²) in [7, 11) is 0. The number of phenolic OH excluding ortho intramolecular Hbond substituents is 1. The third-order valence-corrected chi connectivity index (χ3v) is 7.47. The number of ether oxygens (including phenoxy) is 1. The molecular formula is C28H31N3O9. The first-order valence-corrected chi connectivity index (χ1v) is 13.0. The van der Waals surface area contributed by atoms with Gasteiger partial charge in [-0.25, -0.2) is 0 Å². The van der Waals surface area contributed by atoms with E-state index < -0.39 is 58.1 Å². The van der Waals surface area contributed by atoms with Gasteiger partial charge in [-0.3, -0.25) is 29.3 Å². The van der Waals surface area contributed by atoms with E-state index in [1.54, 1.807) is 0 Å². The zero-order valence-corrected chi connectivity index (χ0v) is 21.7. The van der Waals surface area contributed by atoms with Crippen LogP contribution < -0.4 is 11.1 Å². The molecule has 0 spiro atoms. The molecule has 4 rings (SSSR count). The van der Waals surface area contributed by atoms with Gasteiger partial charge in [-0.05, 0) is 54.4 Å². The first-order chi connectivity index (χ1) is 19.1. The van der Waals surface area contributed by atoms with Crippen LogP contribution in [0, 0.1) is 22.0 Å². The third-order valence-electron chi connectivity index (χ3n) is 7.47. The normalized spacial score (nSPS) is 19.3. The number of primary amides is 1. The Morgan fingerprint density at radius 1 is 1.10 bits per heavy atom. The molecule has 5 N–H and O–H groups in total. The molecule has 1 saturated heterocycles. The van der Waals surface area contributed by atoms with Gasteiger partial charge in [-0.1, -0.05) is 30.3 Å². The summed E-state index contributed by atoms with van der Waals surface area (Å²) in [5, 5.41) is 32.6. The Morgan fingerprint density at radius 2 is 1.77 bits per heavy atom. The minimum Gasteiger partial charge on any atom is -0.502 e. The maximum absolute atomic E-state index is 13.6. The Labute approximate surface area is 229 Å². The fourth-order valence-corrected chi connectivity index (χ4v) is 5.27. The summed E-state index contributed by atoms with van der Waals surface area (Å²) in [6, 6.07) is 10.1. The molecule has 0 saturated carbocycles. The van der Waals surface area contributed by atoms with E-state index in [-0.39, 0.29) is 44.0 Å². The fourth-order valence-electron chi connectivity index (χ4n) is 5.27. The number of aliphatic hydroxyl groups is 1. The molecule has 212 valence electrons. The zero-order chi connectivity index (χ0) is 29.0. The van der Waals surface area contributed by atoms with Gasteiger partial charge >= 0.3 is 5.69 Å². The van der Waals surface area contributed by atoms with Crippen molar-refractivity contribution >= 4 is 29.1 Å². The number of carbonyl (C=O) groups is 4. The second-order valence-corrected chi connectivity index (χ2v) is 10.2. The van der Waals surface area contributed by atoms with Gasteiger partial charge in [0.15, 0.2) is 29.5 Å². The van der Waals surface area contributed by atoms with Crippen LogP contribution in [0.15, 0.2) is 42.5 Å². The number of hydrogen-bond donors (Lipinski definition) is 4. The lowest BCUT2D eigenvalue weighted by molar-refractivity contribution is -0.385. The number of ketones is 2. The highest BCUT2D eigenvalue weighted by atomic mass is 16.6. The Balaban J connectivity index is 1.51. The van der Waals surface area contributed by atoms with Gasteiger partial charge < -0.3 is 26.0 Å². The van der Waals surface area contributed by atoms with Crippen molar-refractivity contribution in [1.29, 1.82) is 0 Å². The van der Waals surface area contributed by atoms with Crippen LogP contribution in [0.25, 0.3) is 0 Å². The van der Waals surface area contributed by atoms with E-state index in [0.29, 0.717) is 18.4 Å². The van der Waals surface area contributed by atoms with Gasteiger partial charge in [0, 0.05) is 31.4 Å². The van der Waals surface area contributed by atoms with E-state index in [4.69, 9.17) is 15.6 Å².